The molecule has 0 spiro atoms. The SMILES string of the molecule is CCc1ccc(OCCS(=O)(=O)NCCc2ccc(Cl)cc2)cc1. The zero-order chi connectivity index (χ0) is 17.4. The Bertz CT molecular complexity index is 728. The van der Waals surface area contributed by atoms with Crippen LogP contribution in [0.4, 0.5) is 0 Å². The van der Waals surface area contributed by atoms with Gasteiger partial charge in [0.05, 0.1) is 5.75 Å². The topological polar surface area (TPSA) is 55.4 Å². The molecule has 0 atom stereocenters. The molecule has 0 unspecified atom stereocenters. The van der Waals surface area contributed by atoms with Crippen LogP contribution >= 0.6 is 11.6 Å². The van der Waals surface area contributed by atoms with E-state index in [0.717, 1.165) is 12.0 Å². The van der Waals surface area contributed by atoms with E-state index in [9.17, 15) is 8.42 Å². The van der Waals surface area contributed by atoms with Crippen molar-refractivity contribution in [1.82, 2.24) is 4.72 Å². The Kier molecular flexibility index (Phi) is 7.09. The summed E-state index contributed by atoms with van der Waals surface area (Å²) < 4.78 is 32.0. The van der Waals surface area contributed by atoms with E-state index in [-0.39, 0.29) is 12.4 Å². The van der Waals surface area contributed by atoms with Crippen LogP contribution < -0.4 is 9.46 Å². The van der Waals surface area contributed by atoms with Crippen LogP contribution in [0, 0.1) is 0 Å². The second-order valence-electron chi connectivity index (χ2n) is 5.44. The molecule has 24 heavy (non-hydrogen) atoms. The van der Waals surface area contributed by atoms with Gasteiger partial charge in [-0.3, -0.25) is 0 Å². The van der Waals surface area contributed by atoms with Crippen LogP contribution in [0.2, 0.25) is 5.02 Å². The highest BCUT2D eigenvalue weighted by molar-refractivity contribution is 7.89. The Morgan fingerprint density at radius 2 is 1.62 bits per heavy atom. The van der Waals surface area contributed by atoms with Crippen LogP contribution in [0.1, 0.15) is 18.1 Å². The summed E-state index contributed by atoms with van der Waals surface area (Å²) in [6.07, 6.45) is 1.59. The molecule has 4 nitrogen and oxygen atoms in total. The van der Waals surface area contributed by atoms with Crippen molar-refractivity contribution in [3.63, 3.8) is 0 Å². The van der Waals surface area contributed by atoms with Gasteiger partial charge in [-0.15, -0.1) is 0 Å². The molecule has 0 saturated carbocycles. The first kappa shape index (κ1) is 18.8. The number of nitrogens with one attached hydrogen (secondary N) is 1. The largest absolute Gasteiger partial charge is 0.492 e. The predicted octanol–water partition coefficient (Wildman–Crippen LogP) is 3.44. The van der Waals surface area contributed by atoms with E-state index in [2.05, 4.69) is 11.6 Å². The average Bonchev–Trinajstić information content (AvgIpc) is 2.57. The van der Waals surface area contributed by atoms with Gasteiger partial charge in [-0.1, -0.05) is 42.8 Å². The number of benzene rings is 2. The summed E-state index contributed by atoms with van der Waals surface area (Å²) in [6.45, 7) is 2.56. The zero-order valence-electron chi connectivity index (χ0n) is 13.7. The van der Waals surface area contributed by atoms with Gasteiger partial charge in [0, 0.05) is 11.6 Å². The lowest BCUT2D eigenvalue weighted by atomic mass is 10.2. The second kappa shape index (κ2) is 9.06. The number of hydrogen-bond donors (Lipinski definition) is 1. The van der Waals surface area contributed by atoms with E-state index in [1.54, 1.807) is 12.1 Å². The molecule has 0 amide bonds. The highest BCUT2D eigenvalue weighted by atomic mass is 35.5. The van der Waals surface area contributed by atoms with Crippen LogP contribution in [-0.2, 0) is 22.9 Å². The fraction of sp³-hybridized carbons (Fsp3) is 0.333. The van der Waals surface area contributed by atoms with Gasteiger partial charge in [-0.25, -0.2) is 13.1 Å². The predicted molar refractivity (Wildman–Crippen MR) is 98.3 cm³/mol. The van der Waals surface area contributed by atoms with Crippen LogP contribution in [0.3, 0.4) is 0 Å². The molecule has 2 aromatic carbocycles. The summed E-state index contributed by atoms with van der Waals surface area (Å²) in [4.78, 5) is 0. The number of halogens is 1. The average molecular weight is 368 g/mol. The first-order chi connectivity index (χ1) is 11.5. The van der Waals surface area contributed by atoms with Gasteiger partial charge in [0.1, 0.15) is 12.4 Å². The first-order valence-corrected chi connectivity index (χ1v) is 9.95. The Hall–Kier alpha value is -1.56. The maximum absolute atomic E-state index is 12.0. The van der Waals surface area contributed by atoms with Gasteiger partial charge in [0.25, 0.3) is 0 Å². The van der Waals surface area contributed by atoms with E-state index in [0.29, 0.717) is 23.7 Å². The van der Waals surface area contributed by atoms with E-state index < -0.39 is 10.0 Å². The minimum absolute atomic E-state index is 0.0663. The minimum atomic E-state index is -3.34. The Balaban J connectivity index is 1.71. The van der Waals surface area contributed by atoms with Crippen molar-refractivity contribution in [2.24, 2.45) is 0 Å². The number of ether oxygens (including phenoxy) is 1. The minimum Gasteiger partial charge on any atom is -0.492 e. The van der Waals surface area contributed by atoms with E-state index in [1.807, 2.05) is 36.4 Å². The molecule has 2 aromatic rings. The lowest BCUT2D eigenvalue weighted by molar-refractivity contribution is 0.340. The lowest BCUT2D eigenvalue weighted by Gasteiger charge is -2.09. The molecule has 2 rings (SSSR count). The monoisotopic (exact) mass is 367 g/mol. The van der Waals surface area contributed by atoms with Crippen molar-refractivity contribution in [3.05, 3.63) is 64.7 Å². The normalized spacial score (nSPS) is 11.4. The third kappa shape index (κ3) is 6.51. The van der Waals surface area contributed by atoms with Gasteiger partial charge in [0.15, 0.2) is 0 Å². The van der Waals surface area contributed by atoms with Crippen molar-refractivity contribution in [3.8, 4) is 5.75 Å². The maximum atomic E-state index is 12.0. The molecule has 0 aliphatic carbocycles. The highest BCUT2D eigenvalue weighted by Gasteiger charge is 2.10. The summed E-state index contributed by atoms with van der Waals surface area (Å²) in [5.74, 6) is 0.618. The smallest absolute Gasteiger partial charge is 0.214 e. The van der Waals surface area contributed by atoms with Gasteiger partial charge < -0.3 is 4.74 Å². The fourth-order valence-corrected chi connectivity index (χ4v) is 3.15. The molecular formula is C18H22ClNO3S. The van der Waals surface area contributed by atoms with Crippen LogP contribution in [0.15, 0.2) is 48.5 Å². The van der Waals surface area contributed by atoms with Crippen LogP contribution in [0.25, 0.3) is 0 Å². The van der Waals surface area contributed by atoms with E-state index in [4.69, 9.17) is 16.3 Å². The molecule has 6 heteroatoms. The lowest BCUT2D eigenvalue weighted by Crippen LogP contribution is -2.30. The maximum Gasteiger partial charge on any atom is 0.214 e. The van der Waals surface area contributed by atoms with Gasteiger partial charge in [-0.05, 0) is 48.2 Å². The van der Waals surface area contributed by atoms with E-state index >= 15 is 0 Å². The van der Waals surface area contributed by atoms with Gasteiger partial charge in [0.2, 0.25) is 10.0 Å². The first-order valence-electron chi connectivity index (χ1n) is 7.92. The standard InChI is InChI=1S/C18H22ClNO3S/c1-2-15-5-9-18(10-6-15)23-13-14-24(21,22)20-12-11-16-3-7-17(19)8-4-16/h3-10,20H,2,11-14H2,1H3. The number of aryl methyl sites for hydroxylation is 1. The molecule has 0 saturated heterocycles. The zero-order valence-corrected chi connectivity index (χ0v) is 15.2. The molecule has 0 heterocycles. The Labute approximate surface area is 148 Å². The Morgan fingerprint density at radius 1 is 1.00 bits per heavy atom. The molecule has 1 N–H and O–H groups in total. The number of sulfonamides is 1. The third-order valence-corrected chi connectivity index (χ3v) is 5.20. The quantitative estimate of drug-likeness (QED) is 0.738. The van der Waals surface area contributed by atoms with E-state index in [1.165, 1.54) is 5.56 Å². The van der Waals surface area contributed by atoms with Crippen molar-refractivity contribution in [1.29, 1.82) is 0 Å². The summed E-state index contributed by atoms with van der Waals surface area (Å²) in [5.41, 5.74) is 2.26. The molecule has 130 valence electrons. The highest BCUT2D eigenvalue weighted by Crippen LogP contribution is 2.12. The van der Waals surface area contributed by atoms with Crippen molar-refractivity contribution in [2.45, 2.75) is 19.8 Å². The number of hydrogen-bond acceptors (Lipinski definition) is 3. The number of rotatable bonds is 9. The molecular weight excluding hydrogens is 346 g/mol. The van der Waals surface area contributed by atoms with Gasteiger partial charge >= 0.3 is 0 Å². The summed E-state index contributed by atoms with van der Waals surface area (Å²) in [7, 11) is -3.34. The molecule has 0 aromatic heterocycles. The van der Waals surface area contributed by atoms with Crippen molar-refractivity contribution in [2.75, 3.05) is 18.9 Å². The van der Waals surface area contributed by atoms with Crippen molar-refractivity contribution >= 4 is 21.6 Å². The van der Waals surface area contributed by atoms with Crippen LogP contribution in [-0.4, -0.2) is 27.3 Å². The summed E-state index contributed by atoms with van der Waals surface area (Å²) in [6, 6.07) is 15.0. The second-order valence-corrected chi connectivity index (χ2v) is 7.80. The summed E-state index contributed by atoms with van der Waals surface area (Å²) in [5, 5.41) is 0.670. The van der Waals surface area contributed by atoms with Gasteiger partial charge in [-0.2, -0.15) is 0 Å². The fourth-order valence-electron chi connectivity index (χ4n) is 2.16. The molecule has 0 bridgehead atoms. The molecule has 0 aliphatic heterocycles. The molecule has 0 aliphatic rings. The third-order valence-electron chi connectivity index (χ3n) is 3.60. The van der Waals surface area contributed by atoms with Crippen molar-refractivity contribution < 1.29 is 13.2 Å². The van der Waals surface area contributed by atoms with Crippen LogP contribution in [0.5, 0.6) is 5.75 Å². The molecule has 0 fully saturated rings. The summed E-state index contributed by atoms with van der Waals surface area (Å²) >= 11 is 5.82. The molecule has 0 radical (unpaired) electrons. The Morgan fingerprint density at radius 3 is 2.25 bits per heavy atom.